The van der Waals surface area contributed by atoms with Crippen LogP contribution in [-0.4, -0.2) is 51.2 Å². The maximum Gasteiger partial charge on any atom is 0.155 e. The molecule has 3 heterocycles. The van der Waals surface area contributed by atoms with E-state index in [4.69, 9.17) is 11.6 Å². The number of piperazine rings is 1. The Kier molecular flexibility index (Phi) is 4.86. The standard InChI is InChI=1S/C19H21ClN6/c1-14(16-12-23-24-13-16)25-7-9-26(10-8-25)19-18(21-5-6-22-19)15-3-2-4-17(20)11-15/h2-6,11-14H,7-10H2,1H3,(H,23,24). The van der Waals surface area contributed by atoms with Gasteiger partial charge in [0, 0.05) is 67.0 Å². The van der Waals surface area contributed by atoms with Gasteiger partial charge in [0.2, 0.25) is 0 Å². The Labute approximate surface area is 157 Å². The summed E-state index contributed by atoms with van der Waals surface area (Å²) in [5.41, 5.74) is 3.10. The first-order chi connectivity index (χ1) is 12.7. The molecule has 3 aromatic rings. The molecule has 134 valence electrons. The Morgan fingerprint density at radius 3 is 2.65 bits per heavy atom. The van der Waals surface area contributed by atoms with E-state index in [0.29, 0.717) is 11.1 Å². The van der Waals surface area contributed by atoms with Crippen molar-refractivity contribution in [1.29, 1.82) is 0 Å². The zero-order valence-electron chi connectivity index (χ0n) is 14.6. The summed E-state index contributed by atoms with van der Waals surface area (Å²) in [6.07, 6.45) is 7.36. The molecule has 0 saturated carbocycles. The molecule has 0 amide bonds. The second-order valence-corrected chi connectivity index (χ2v) is 6.91. The first-order valence-corrected chi connectivity index (χ1v) is 9.15. The summed E-state index contributed by atoms with van der Waals surface area (Å²) in [4.78, 5) is 14.0. The molecule has 1 unspecified atom stereocenters. The predicted octanol–water partition coefficient (Wildman–Crippen LogP) is 3.40. The summed E-state index contributed by atoms with van der Waals surface area (Å²) in [5.74, 6) is 0.922. The molecule has 1 saturated heterocycles. The molecule has 1 aliphatic heterocycles. The van der Waals surface area contributed by atoms with E-state index < -0.39 is 0 Å². The van der Waals surface area contributed by atoms with Crippen LogP contribution in [0.4, 0.5) is 5.82 Å². The lowest BCUT2D eigenvalue weighted by Crippen LogP contribution is -2.47. The van der Waals surface area contributed by atoms with E-state index in [1.54, 1.807) is 12.4 Å². The third-order valence-electron chi connectivity index (χ3n) is 4.94. The Balaban J connectivity index is 1.52. The highest BCUT2D eigenvalue weighted by molar-refractivity contribution is 6.30. The minimum Gasteiger partial charge on any atom is -0.352 e. The summed E-state index contributed by atoms with van der Waals surface area (Å²) < 4.78 is 0. The molecule has 1 N–H and O–H groups in total. The molecule has 1 aliphatic rings. The zero-order valence-corrected chi connectivity index (χ0v) is 15.4. The molecule has 0 bridgehead atoms. The lowest BCUT2D eigenvalue weighted by molar-refractivity contribution is 0.198. The highest BCUT2D eigenvalue weighted by atomic mass is 35.5. The second kappa shape index (κ2) is 7.43. The molecular weight excluding hydrogens is 348 g/mol. The summed E-state index contributed by atoms with van der Waals surface area (Å²) in [6.45, 7) is 5.99. The number of nitrogens with one attached hydrogen (secondary N) is 1. The fourth-order valence-electron chi connectivity index (χ4n) is 3.42. The zero-order chi connectivity index (χ0) is 17.9. The van der Waals surface area contributed by atoms with Gasteiger partial charge in [0.15, 0.2) is 5.82 Å². The van der Waals surface area contributed by atoms with Crippen molar-refractivity contribution in [2.75, 3.05) is 31.1 Å². The van der Waals surface area contributed by atoms with Crippen LogP contribution in [0.5, 0.6) is 0 Å². The van der Waals surface area contributed by atoms with Gasteiger partial charge in [-0.3, -0.25) is 15.0 Å². The van der Waals surface area contributed by atoms with Crippen LogP contribution >= 0.6 is 11.6 Å². The fraction of sp³-hybridized carbons (Fsp3) is 0.316. The van der Waals surface area contributed by atoms with Gasteiger partial charge in [0.1, 0.15) is 5.69 Å². The van der Waals surface area contributed by atoms with Crippen molar-refractivity contribution < 1.29 is 0 Å². The van der Waals surface area contributed by atoms with Crippen LogP contribution in [0, 0.1) is 0 Å². The van der Waals surface area contributed by atoms with Crippen LogP contribution in [0.1, 0.15) is 18.5 Å². The van der Waals surface area contributed by atoms with Gasteiger partial charge in [0.25, 0.3) is 0 Å². The van der Waals surface area contributed by atoms with Crippen LogP contribution in [0.2, 0.25) is 5.02 Å². The second-order valence-electron chi connectivity index (χ2n) is 6.47. The number of halogens is 1. The average Bonchev–Trinajstić information content (AvgIpc) is 3.22. The number of rotatable bonds is 4. The molecule has 1 aromatic carbocycles. The average molecular weight is 369 g/mol. The summed E-state index contributed by atoms with van der Waals surface area (Å²) in [5, 5.41) is 7.67. The van der Waals surface area contributed by atoms with Crippen molar-refractivity contribution >= 4 is 17.4 Å². The lowest BCUT2D eigenvalue weighted by Gasteiger charge is -2.38. The van der Waals surface area contributed by atoms with Gasteiger partial charge in [-0.1, -0.05) is 23.7 Å². The van der Waals surface area contributed by atoms with E-state index in [1.807, 2.05) is 36.7 Å². The minimum atomic E-state index is 0.352. The number of H-pyrrole nitrogens is 1. The van der Waals surface area contributed by atoms with Gasteiger partial charge in [-0.2, -0.15) is 5.10 Å². The van der Waals surface area contributed by atoms with Crippen molar-refractivity contribution in [3.8, 4) is 11.3 Å². The molecule has 1 atom stereocenters. The van der Waals surface area contributed by atoms with Crippen LogP contribution in [-0.2, 0) is 0 Å². The van der Waals surface area contributed by atoms with Crippen LogP contribution in [0.3, 0.4) is 0 Å². The van der Waals surface area contributed by atoms with Crippen molar-refractivity contribution in [2.45, 2.75) is 13.0 Å². The first-order valence-electron chi connectivity index (χ1n) is 8.77. The minimum absolute atomic E-state index is 0.352. The van der Waals surface area contributed by atoms with Crippen molar-refractivity contribution in [3.63, 3.8) is 0 Å². The van der Waals surface area contributed by atoms with E-state index in [0.717, 1.165) is 43.3 Å². The Hall–Kier alpha value is -2.44. The third kappa shape index (κ3) is 3.43. The van der Waals surface area contributed by atoms with Crippen LogP contribution in [0.15, 0.2) is 49.1 Å². The largest absolute Gasteiger partial charge is 0.352 e. The van der Waals surface area contributed by atoms with Gasteiger partial charge in [0.05, 0.1) is 6.20 Å². The molecule has 0 spiro atoms. The van der Waals surface area contributed by atoms with Gasteiger partial charge in [-0.25, -0.2) is 4.98 Å². The van der Waals surface area contributed by atoms with E-state index in [2.05, 4.69) is 36.9 Å². The number of benzene rings is 1. The monoisotopic (exact) mass is 368 g/mol. The van der Waals surface area contributed by atoms with Gasteiger partial charge >= 0.3 is 0 Å². The Morgan fingerprint density at radius 1 is 1.12 bits per heavy atom. The number of hydrogen-bond donors (Lipinski definition) is 1. The molecule has 0 aliphatic carbocycles. The maximum atomic E-state index is 6.16. The van der Waals surface area contributed by atoms with Crippen LogP contribution < -0.4 is 4.90 Å². The molecule has 26 heavy (non-hydrogen) atoms. The third-order valence-corrected chi connectivity index (χ3v) is 5.18. The molecule has 0 radical (unpaired) electrons. The summed E-state index contributed by atoms with van der Waals surface area (Å²) in [6, 6.07) is 8.13. The van der Waals surface area contributed by atoms with E-state index in [9.17, 15) is 0 Å². The van der Waals surface area contributed by atoms with Crippen molar-refractivity contribution in [2.24, 2.45) is 0 Å². The molecule has 6 nitrogen and oxygen atoms in total. The molecule has 2 aromatic heterocycles. The van der Waals surface area contributed by atoms with Gasteiger partial charge < -0.3 is 4.90 Å². The molecule has 7 heteroatoms. The molecular formula is C19H21ClN6. The van der Waals surface area contributed by atoms with Crippen LogP contribution in [0.25, 0.3) is 11.3 Å². The summed E-state index contributed by atoms with van der Waals surface area (Å²) >= 11 is 6.16. The maximum absolute atomic E-state index is 6.16. The van der Waals surface area contributed by atoms with Gasteiger partial charge in [-0.05, 0) is 19.1 Å². The van der Waals surface area contributed by atoms with Crippen molar-refractivity contribution in [1.82, 2.24) is 25.1 Å². The first kappa shape index (κ1) is 17.0. The number of hydrogen-bond acceptors (Lipinski definition) is 5. The highest BCUT2D eigenvalue weighted by Gasteiger charge is 2.25. The lowest BCUT2D eigenvalue weighted by atomic mass is 10.1. The molecule has 1 fully saturated rings. The predicted molar refractivity (Wildman–Crippen MR) is 103 cm³/mol. The number of aromatic nitrogens is 4. The smallest absolute Gasteiger partial charge is 0.155 e. The summed E-state index contributed by atoms with van der Waals surface area (Å²) in [7, 11) is 0. The quantitative estimate of drug-likeness (QED) is 0.764. The molecule has 4 rings (SSSR count). The normalized spacial score (nSPS) is 16.6. The van der Waals surface area contributed by atoms with Crippen molar-refractivity contribution in [3.05, 3.63) is 59.6 Å². The van der Waals surface area contributed by atoms with E-state index in [1.165, 1.54) is 5.56 Å². The number of aromatic amines is 1. The van der Waals surface area contributed by atoms with E-state index in [-0.39, 0.29) is 0 Å². The Bertz CT molecular complexity index is 858. The SMILES string of the molecule is CC(c1cn[nH]c1)N1CCN(c2nccnc2-c2cccc(Cl)c2)CC1. The van der Waals surface area contributed by atoms with Gasteiger partial charge in [-0.15, -0.1) is 0 Å². The Morgan fingerprint density at radius 2 is 1.92 bits per heavy atom. The topological polar surface area (TPSA) is 60.9 Å². The van der Waals surface area contributed by atoms with E-state index >= 15 is 0 Å². The highest BCUT2D eigenvalue weighted by Crippen LogP contribution is 2.30. The number of nitrogens with zero attached hydrogens (tertiary/aromatic N) is 5. The fourth-order valence-corrected chi connectivity index (χ4v) is 3.61. The number of anilines is 1.